The van der Waals surface area contributed by atoms with Crippen LogP contribution in [0.2, 0.25) is 0 Å². The number of carbonyl (C=O) groups is 1. The molecule has 4 rings (SSSR count). The van der Waals surface area contributed by atoms with Gasteiger partial charge in [-0.1, -0.05) is 25.1 Å². The highest BCUT2D eigenvalue weighted by Crippen LogP contribution is 2.17. The highest BCUT2D eigenvalue weighted by molar-refractivity contribution is 5.92. The number of rotatable bonds is 5. The zero-order valence-electron chi connectivity index (χ0n) is 15.6. The van der Waals surface area contributed by atoms with E-state index < -0.39 is 0 Å². The second-order valence-electron chi connectivity index (χ2n) is 6.58. The van der Waals surface area contributed by atoms with Crippen molar-refractivity contribution in [2.45, 2.75) is 26.3 Å². The van der Waals surface area contributed by atoms with Crippen LogP contribution in [0.15, 0.2) is 41.3 Å². The van der Waals surface area contributed by atoms with E-state index in [1.807, 2.05) is 26.0 Å². The third-order valence-electron chi connectivity index (χ3n) is 4.17. The summed E-state index contributed by atoms with van der Waals surface area (Å²) in [5.74, 6) is 0.954. The zero-order valence-corrected chi connectivity index (χ0v) is 15.6. The van der Waals surface area contributed by atoms with Crippen LogP contribution >= 0.6 is 0 Å². The number of pyridine rings is 1. The lowest BCUT2D eigenvalue weighted by molar-refractivity contribution is 0.0763. The Hall–Kier alpha value is -3.69. The highest BCUT2D eigenvalue weighted by atomic mass is 16.5. The van der Waals surface area contributed by atoms with Crippen LogP contribution in [0.4, 0.5) is 0 Å². The molecule has 0 saturated heterocycles. The minimum absolute atomic E-state index is 0.148. The Kier molecular flexibility index (Phi) is 4.52. The zero-order chi connectivity index (χ0) is 19.7. The first kappa shape index (κ1) is 17.7. The van der Waals surface area contributed by atoms with Gasteiger partial charge in [-0.25, -0.2) is 9.50 Å². The number of hydrogen-bond acceptors (Lipinski definition) is 8. The summed E-state index contributed by atoms with van der Waals surface area (Å²) in [6.45, 7) is 4.19. The van der Waals surface area contributed by atoms with Crippen LogP contribution in [-0.4, -0.2) is 52.6 Å². The van der Waals surface area contributed by atoms with Gasteiger partial charge in [-0.2, -0.15) is 15.1 Å². The Morgan fingerprint density at radius 1 is 1.25 bits per heavy atom. The normalized spacial score (nSPS) is 11.3. The molecular formula is C18H18N8O2. The van der Waals surface area contributed by atoms with E-state index in [1.165, 1.54) is 11.2 Å². The van der Waals surface area contributed by atoms with Gasteiger partial charge in [-0.05, 0) is 24.1 Å². The summed E-state index contributed by atoms with van der Waals surface area (Å²) in [6, 6.07) is 7.17. The minimum Gasteiger partial charge on any atom is -0.337 e. The van der Waals surface area contributed by atoms with Gasteiger partial charge in [0.1, 0.15) is 24.3 Å². The van der Waals surface area contributed by atoms with Gasteiger partial charge in [0.2, 0.25) is 11.7 Å². The van der Waals surface area contributed by atoms with Crippen molar-refractivity contribution in [2.75, 3.05) is 7.05 Å². The highest BCUT2D eigenvalue weighted by Gasteiger charge is 2.20. The third kappa shape index (κ3) is 3.31. The van der Waals surface area contributed by atoms with E-state index in [2.05, 4.69) is 30.2 Å². The molecule has 0 aliphatic carbocycles. The van der Waals surface area contributed by atoms with E-state index in [1.54, 1.807) is 29.9 Å². The molecule has 0 aliphatic heterocycles. The number of nitrogens with zero attached hydrogens (tertiary/aromatic N) is 8. The van der Waals surface area contributed by atoms with Crippen molar-refractivity contribution < 1.29 is 9.32 Å². The molecule has 142 valence electrons. The summed E-state index contributed by atoms with van der Waals surface area (Å²) < 4.78 is 6.89. The van der Waals surface area contributed by atoms with E-state index >= 15 is 0 Å². The SMILES string of the molecule is CC(C)c1cc(C(=O)N(C)Cc2nc(-c3ccccn3)no2)nc2ncnn12. The molecule has 0 radical (unpaired) electrons. The first-order valence-electron chi connectivity index (χ1n) is 8.73. The first-order chi connectivity index (χ1) is 13.5. The number of aromatic nitrogens is 7. The summed E-state index contributed by atoms with van der Waals surface area (Å²) in [4.78, 5) is 31.2. The molecule has 0 N–H and O–H groups in total. The van der Waals surface area contributed by atoms with Crippen molar-refractivity contribution in [3.05, 3.63) is 54.1 Å². The molecule has 4 aromatic rings. The lowest BCUT2D eigenvalue weighted by atomic mass is 10.1. The summed E-state index contributed by atoms with van der Waals surface area (Å²) in [7, 11) is 1.65. The molecule has 0 fully saturated rings. The molecule has 10 nitrogen and oxygen atoms in total. The van der Waals surface area contributed by atoms with Gasteiger partial charge in [-0.3, -0.25) is 9.78 Å². The van der Waals surface area contributed by atoms with Gasteiger partial charge in [-0.15, -0.1) is 0 Å². The predicted octanol–water partition coefficient (Wildman–Crippen LogP) is 1.96. The Labute approximate surface area is 160 Å². The van der Waals surface area contributed by atoms with Crippen molar-refractivity contribution >= 4 is 11.7 Å². The Balaban J connectivity index is 1.56. The Morgan fingerprint density at radius 2 is 2.11 bits per heavy atom. The molecule has 1 amide bonds. The van der Waals surface area contributed by atoms with E-state index in [9.17, 15) is 4.79 Å². The second-order valence-corrected chi connectivity index (χ2v) is 6.58. The lowest BCUT2D eigenvalue weighted by Gasteiger charge is -2.15. The summed E-state index contributed by atoms with van der Waals surface area (Å²) >= 11 is 0. The maximum absolute atomic E-state index is 12.9. The van der Waals surface area contributed by atoms with Crippen LogP contribution in [0.25, 0.3) is 17.3 Å². The minimum atomic E-state index is -0.273. The number of hydrogen-bond donors (Lipinski definition) is 0. The van der Waals surface area contributed by atoms with Crippen LogP contribution < -0.4 is 0 Å². The molecule has 10 heteroatoms. The van der Waals surface area contributed by atoms with Crippen molar-refractivity contribution in [3.63, 3.8) is 0 Å². The smallest absolute Gasteiger partial charge is 0.272 e. The van der Waals surface area contributed by atoms with Crippen LogP contribution in [0, 0.1) is 0 Å². The standard InChI is InChI=1S/C18H18N8O2/c1-11(2)14-8-13(22-18-20-10-21-26(14)18)17(27)25(3)9-15-23-16(24-28-15)12-6-4-5-7-19-12/h4-8,10-11H,9H2,1-3H3. The van der Waals surface area contributed by atoms with Crippen molar-refractivity contribution in [1.82, 2.24) is 39.6 Å². The fraction of sp³-hybridized carbons (Fsp3) is 0.278. The van der Waals surface area contributed by atoms with Gasteiger partial charge >= 0.3 is 0 Å². The number of fused-ring (bicyclic) bond motifs is 1. The van der Waals surface area contributed by atoms with Crippen molar-refractivity contribution in [3.8, 4) is 11.5 Å². The molecule has 0 aromatic carbocycles. The second kappa shape index (κ2) is 7.14. The fourth-order valence-electron chi connectivity index (χ4n) is 2.74. The first-order valence-corrected chi connectivity index (χ1v) is 8.73. The average molecular weight is 378 g/mol. The topological polar surface area (TPSA) is 115 Å². The molecule has 4 aromatic heterocycles. The van der Waals surface area contributed by atoms with E-state index in [4.69, 9.17) is 4.52 Å². The molecule has 4 heterocycles. The molecular weight excluding hydrogens is 360 g/mol. The molecule has 0 aliphatic rings. The Morgan fingerprint density at radius 3 is 2.86 bits per heavy atom. The predicted molar refractivity (Wildman–Crippen MR) is 98.2 cm³/mol. The van der Waals surface area contributed by atoms with Gasteiger partial charge in [0.15, 0.2) is 0 Å². The van der Waals surface area contributed by atoms with Crippen LogP contribution in [0.1, 0.15) is 41.8 Å². The van der Waals surface area contributed by atoms with Crippen molar-refractivity contribution in [2.24, 2.45) is 0 Å². The molecule has 0 saturated carbocycles. The lowest BCUT2D eigenvalue weighted by Crippen LogP contribution is -2.27. The van der Waals surface area contributed by atoms with Gasteiger partial charge in [0.05, 0.1) is 5.69 Å². The maximum Gasteiger partial charge on any atom is 0.272 e. The third-order valence-corrected chi connectivity index (χ3v) is 4.17. The summed E-state index contributed by atoms with van der Waals surface area (Å²) in [5, 5.41) is 8.08. The molecule has 0 unspecified atom stereocenters. The van der Waals surface area contributed by atoms with Gasteiger partial charge in [0.25, 0.3) is 11.7 Å². The number of carbonyl (C=O) groups excluding carboxylic acids is 1. The van der Waals surface area contributed by atoms with Crippen molar-refractivity contribution in [1.29, 1.82) is 0 Å². The van der Waals surface area contributed by atoms with Crippen LogP contribution in [0.5, 0.6) is 0 Å². The average Bonchev–Trinajstić information content (AvgIpc) is 3.36. The summed E-state index contributed by atoms with van der Waals surface area (Å²) in [5.41, 5.74) is 1.75. The van der Waals surface area contributed by atoms with E-state index in [0.29, 0.717) is 23.2 Å². The quantitative estimate of drug-likeness (QED) is 0.517. The monoisotopic (exact) mass is 378 g/mol. The Bertz CT molecular complexity index is 1120. The van der Waals surface area contributed by atoms with Gasteiger partial charge in [0, 0.05) is 13.2 Å². The van der Waals surface area contributed by atoms with Crippen LogP contribution in [-0.2, 0) is 6.54 Å². The van der Waals surface area contributed by atoms with Crippen LogP contribution in [0.3, 0.4) is 0 Å². The fourth-order valence-corrected chi connectivity index (χ4v) is 2.74. The number of amides is 1. The molecule has 0 atom stereocenters. The van der Waals surface area contributed by atoms with E-state index in [-0.39, 0.29) is 24.1 Å². The largest absolute Gasteiger partial charge is 0.337 e. The maximum atomic E-state index is 12.9. The molecule has 0 spiro atoms. The summed E-state index contributed by atoms with van der Waals surface area (Å²) in [6.07, 6.45) is 3.07. The van der Waals surface area contributed by atoms with Gasteiger partial charge < -0.3 is 9.42 Å². The van der Waals surface area contributed by atoms with E-state index in [0.717, 1.165) is 5.69 Å². The molecule has 28 heavy (non-hydrogen) atoms. The molecule has 0 bridgehead atoms.